The Labute approximate surface area is 268 Å². The second kappa shape index (κ2) is 12.1. The van der Waals surface area contributed by atoms with Crippen molar-refractivity contribution in [1.29, 1.82) is 0 Å². The first-order valence-electron chi connectivity index (χ1n) is 15.5. The molecular weight excluding hydrogens is 560 g/mol. The first-order chi connectivity index (χ1) is 22.8. The van der Waals surface area contributed by atoms with Gasteiger partial charge in [0.2, 0.25) is 0 Å². The van der Waals surface area contributed by atoms with Crippen LogP contribution >= 0.6 is 0 Å². The van der Waals surface area contributed by atoms with E-state index in [1.165, 1.54) is 33.0 Å². The van der Waals surface area contributed by atoms with E-state index in [4.69, 9.17) is 15.0 Å². The molecule has 6 aromatic carbocycles. The minimum Gasteiger partial charge on any atom is -0.381 e. The molecule has 1 N–H and O–H groups in total. The number of dihydropyridines is 1. The van der Waals surface area contributed by atoms with Gasteiger partial charge in [-0.05, 0) is 63.0 Å². The van der Waals surface area contributed by atoms with Gasteiger partial charge in [-0.15, -0.1) is 0 Å². The summed E-state index contributed by atoms with van der Waals surface area (Å²) < 4.78 is 0. The molecule has 1 atom stereocenters. The van der Waals surface area contributed by atoms with Crippen LogP contribution in [0.3, 0.4) is 0 Å². The number of benzene rings is 6. The van der Waals surface area contributed by atoms with E-state index in [0.29, 0.717) is 17.5 Å². The van der Waals surface area contributed by atoms with Gasteiger partial charge in [-0.25, -0.2) is 15.0 Å². The van der Waals surface area contributed by atoms with Gasteiger partial charge < -0.3 is 5.32 Å². The molecule has 4 heteroatoms. The molecular formula is C42H30N4. The largest absolute Gasteiger partial charge is 0.381 e. The predicted molar refractivity (Wildman–Crippen MR) is 189 cm³/mol. The third-order valence-electron chi connectivity index (χ3n) is 8.41. The number of nitrogens with one attached hydrogen (secondary N) is 1. The minimum absolute atomic E-state index is 0.214. The summed E-state index contributed by atoms with van der Waals surface area (Å²) in [7, 11) is 0. The van der Waals surface area contributed by atoms with E-state index < -0.39 is 0 Å². The average Bonchev–Trinajstić information content (AvgIpc) is 3.15. The van der Waals surface area contributed by atoms with Crippen molar-refractivity contribution >= 4 is 10.8 Å². The highest BCUT2D eigenvalue weighted by Gasteiger charge is 2.13. The molecule has 0 amide bonds. The lowest BCUT2D eigenvalue weighted by molar-refractivity contribution is 0.746. The average molecular weight is 591 g/mol. The highest BCUT2D eigenvalue weighted by Crippen LogP contribution is 2.31. The molecule has 4 nitrogen and oxygen atoms in total. The van der Waals surface area contributed by atoms with Gasteiger partial charge in [0.1, 0.15) is 0 Å². The molecule has 0 saturated heterocycles. The van der Waals surface area contributed by atoms with E-state index in [0.717, 1.165) is 22.3 Å². The molecule has 8 rings (SSSR count). The zero-order valence-corrected chi connectivity index (χ0v) is 25.1. The summed E-state index contributed by atoms with van der Waals surface area (Å²) in [5.74, 6) is 1.97. The molecule has 1 aromatic heterocycles. The lowest BCUT2D eigenvalue weighted by Crippen LogP contribution is -2.14. The zero-order valence-electron chi connectivity index (χ0n) is 25.1. The summed E-state index contributed by atoms with van der Waals surface area (Å²) in [6.07, 6.45) is 8.26. The first kappa shape index (κ1) is 27.4. The molecule has 218 valence electrons. The summed E-state index contributed by atoms with van der Waals surface area (Å²) in [5, 5.41) is 5.82. The second-order valence-electron chi connectivity index (χ2n) is 11.4. The van der Waals surface area contributed by atoms with E-state index >= 15 is 0 Å². The van der Waals surface area contributed by atoms with Crippen molar-refractivity contribution in [3.63, 3.8) is 0 Å². The topological polar surface area (TPSA) is 50.7 Å². The molecule has 2 heterocycles. The van der Waals surface area contributed by atoms with Gasteiger partial charge in [0.25, 0.3) is 0 Å². The Bertz CT molecular complexity index is 2140. The van der Waals surface area contributed by atoms with Crippen molar-refractivity contribution in [2.45, 2.75) is 6.04 Å². The summed E-state index contributed by atoms with van der Waals surface area (Å²) in [6, 6.07) is 51.0. The van der Waals surface area contributed by atoms with E-state index in [9.17, 15) is 0 Å². The van der Waals surface area contributed by atoms with Crippen LogP contribution in [0.4, 0.5) is 0 Å². The number of fused-ring (bicyclic) bond motifs is 1. The van der Waals surface area contributed by atoms with Crippen LogP contribution in [0.25, 0.3) is 67.2 Å². The maximum absolute atomic E-state index is 4.88. The van der Waals surface area contributed by atoms with Crippen LogP contribution in [0, 0.1) is 0 Å². The maximum atomic E-state index is 4.88. The molecule has 0 radical (unpaired) electrons. The van der Waals surface area contributed by atoms with E-state index in [-0.39, 0.29) is 6.04 Å². The van der Waals surface area contributed by atoms with Crippen LogP contribution in [0.5, 0.6) is 0 Å². The summed E-state index contributed by atoms with van der Waals surface area (Å²) in [5.41, 5.74) is 8.84. The van der Waals surface area contributed by atoms with Gasteiger partial charge in [0, 0.05) is 16.7 Å². The zero-order chi connectivity index (χ0) is 30.7. The molecule has 46 heavy (non-hydrogen) atoms. The molecule has 1 aliphatic rings. The molecule has 0 bridgehead atoms. The fourth-order valence-electron chi connectivity index (χ4n) is 5.89. The van der Waals surface area contributed by atoms with Gasteiger partial charge in [-0.2, -0.15) is 0 Å². The van der Waals surface area contributed by atoms with Crippen molar-refractivity contribution in [2.75, 3.05) is 0 Å². The van der Waals surface area contributed by atoms with E-state index in [1.807, 2.05) is 72.9 Å². The van der Waals surface area contributed by atoms with Gasteiger partial charge >= 0.3 is 0 Å². The Balaban J connectivity index is 1.09. The van der Waals surface area contributed by atoms with Gasteiger partial charge in [-0.3, -0.25) is 0 Å². The van der Waals surface area contributed by atoms with Crippen LogP contribution in [0.1, 0.15) is 11.6 Å². The molecule has 1 aliphatic heterocycles. The van der Waals surface area contributed by atoms with E-state index in [2.05, 4.69) is 102 Å². The van der Waals surface area contributed by atoms with E-state index in [1.54, 1.807) is 0 Å². The highest BCUT2D eigenvalue weighted by molar-refractivity contribution is 5.91. The molecule has 0 spiro atoms. The number of allylic oxidation sites excluding steroid dienone is 2. The molecule has 7 aromatic rings. The number of aromatic nitrogens is 3. The lowest BCUT2D eigenvalue weighted by Gasteiger charge is -2.16. The van der Waals surface area contributed by atoms with Crippen LogP contribution in [-0.4, -0.2) is 15.0 Å². The Hall–Kier alpha value is -6.13. The minimum atomic E-state index is 0.214. The predicted octanol–water partition coefficient (Wildman–Crippen LogP) is 10.1. The third kappa shape index (κ3) is 5.60. The molecule has 0 fully saturated rings. The van der Waals surface area contributed by atoms with Crippen LogP contribution in [-0.2, 0) is 0 Å². The highest BCUT2D eigenvalue weighted by atomic mass is 15.0. The van der Waals surface area contributed by atoms with Gasteiger partial charge in [0.05, 0.1) is 6.04 Å². The quantitative estimate of drug-likeness (QED) is 0.209. The standard InChI is InChI=1S/C42H30N4/c1-3-9-33(10-4-1)40-44-41(34-11-5-2-6-12-34)46-42(45-40)35-22-16-30(17-23-35)37-25-19-31-18-24-36(27-38(31)28-37)29-14-20-32(21-15-29)39-13-7-8-26-43-39/h1-28,39,43H. The SMILES string of the molecule is C1=CNC(c2ccc(-c3ccc4ccc(-c5ccc(-c6nc(-c7ccccc7)nc(-c7ccccc7)n6)cc5)cc4c3)cc2)C=C1. The van der Waals surface area contributed by atoms with Crippen molar-refractivity contribution in [1.82, 2.24) is 20.3 Å². The van der Waals surface area contributed by atoms with Crippen LogP contribution in [0.15, 0.2) is 170 Å². The Kier molecular flexibility index (Phi) is 7.21. The smallest absolute Gasteiger partial charge is 0.164 e. The third-order valence-corrected chi connectivity index (χ3v) is 8.41. The first-order valence-corrected chi connectivity index (χ1v) is 15.5. The fraction of sp³-hybridized carbons (Fsp3) is 0.0238. The second-order valence-corrected chi connectivity index (χ2v) is 11.4. The van der Waals surface area contributed by atoms with Crippen molar-refractivity contribution in [2.24, 2.45) is 0 Å². The number of rotatable bonds is 6. The van der Waals surface area contributed by atoms with Crippen molar-refractivity contribution < 1.29 is 0 Å². The number of hydrogen-bond donors (Lipinski definition) is 1. The molecule has 0 saturated carbocycles. The van der Waals surface area contributed by atoms with Crippen molar-refractivity contribution in [3.8, 4) is 56.4 Å². The maximum Gasteiger partial charge on any atom is 0.164 e. The van der Waals surface area contributed by atoms with Gasteiger partial charge in [-0.1, -0.05) is 146 Å². The molecule has 0 aliphatic carbocycles. The summed E-state index contributed by atoms with van der Waals surface area (Å²) in [4.78, 5) is 14.6. The number of hydrogen-bond acceptors (Lipinski definition) is 4. The van der Waals surface area contributed by atoms with Crippen LogP contribution in [0.2, 0.25) is 0 Å². The van der Waals surface area contributed by atoms with Gasteiger partial charge in [0.15, 0.2) is 17.5 Å². The Morgan fingerprint density at radius 2 is 0.848 bits per heavy atom. The Morgan fingerprint density at radius 3 is 1.35 bits per heavy atom. The summed E-state index contributed by atoms with van der Waals surface area (Å²) in [6.45, 7) is 0. The van der Waals surface area contributed by atoms with Crippen LogP contribution < -0.4 is 5.32 Å². The monoisotopic (exact) mass is 590 g/mol. The fourth-order valence-corrected chi connectivity index (χ4v) is 5.89. The Morgan fingerprint density at radius 1 is 0.391 bits per heavy atom. The summed E-state index contributed by atoms with van der Waals surface area (Å²) >= 11 is 0. The lowest BCUT2D eigenvalue weighted by atomic mass is 9.96. The molecule has 1 unspecified atom stereocenters. The van der Waals surface area contributed by atoms with Crippen molar-refractivity contribution in [3.05, 3.63) is 176 Å². The normalized spacial score (nSPS) is 13.9. The number of nitrogens with zero attached hydrogens (tertiary/aromatic N) is 3.